The van der Waals surface area contributed by atoms with Crippen molar-refractivity contribution in [3.8, 4) is 5.75 Å². The Morgan fingerprint density at radius 3 is 2.63 bits per heavy atom. The van der Waals surface area contributed by atoms with E-state index in [1.807, 2.05) is 0 Å². The number of aliphatic carboxylic acids is 2. The number of ether oxygens (including phenoxy) is 1. The van der Waals surface area contributed by atoms with E-state index in [-0.39, 0.29) is 17.2 Å². The van der Waals surface area contributed by atoms with Crippen molar-refractivity contribution in [2.24, 2.45) is 0 Å². The standard InChI is InChI=1S/C13H13ClO5/c1-2-10(13(17)18)19-11-5-3-4-9(14)8(11)6-7-12(15)16/h3-7,10H,2H2,1H3,(H,15,16)(H,17,18)/b7-6+. The quantitative estimate of drug-likeness (QED) is 0.785. The number of hydrogen-bond donors (Lipinski definition) is 2. The second-order valence-corrected chi connectivity index (χ2v) is 4.08. The molecule has 1 rings (SSSR count). The molecule has 0 fully saturated rings. The number of carbonyl (C=O) groups is 2. The lowest BCUT2D eigenvalue weighted by Crippen LogP contribution is -2.26. The van der Waals surface area contributed by atoms with Crippen molar-refractivity contribution in [3.63, 3.8) is 0 Å². The van der Waals surface area contributed by atoms with Gasteiger partial charge < -0.3 is 14.9 Å². The zero-order valence-corrected chi connectivity index (χ0v) is 10.9. The number of hydrogen-bond acceptors (Lipinski definition) is 3. The molecule has 6 heteroatoms. The summed E-state index contributed by atoms with van der Waals surface area (Å²) in [4.78, 5) is 21.4. The van der Waals surface area contributed by atoms with Gasteiger partial charge in [-0.3, -0.25) is 0 Å². The summed E-state index contributed by atoms with van der Waals surface area (Å²) in [6.45, 7) is 1.68. The second-order valence-electron chi connectivity index (χ2n) is 3.68. The smallest absolute Gasteiger partial charge is 0.344 e. The molecule has 0 heterocycles. The van der Waals surface area contributed by atoms with E-state index in [0.717, 1.165) is 6.08 Å². The van der Waals surface area contributed by atoms with E-state index in [2.05, 4.69) is 0 Å². The lowest BCUT2D eigenvalue weighted by molar-refractivity contribution is -0.145. The lowest BCUT2D eigenvalue weighted by atomic mass is 10.1. The fourth-order valence-electron chi connectivity index (χ4n) is 1.40. The number of benzene rings is 1. The first-order valence-corrected chi connectivity index (χ1v) is 5.92. The molecule has 1 atom stereocenters. The van der Waals surface area contributed by atoms with Crippen molar-refractivity contribution < 1.29 is 24.5 Å². The molecule has 0 aliphatic carbocycles. The molecule has 102 valence electrons. The van der Waals surface area contributed by atoms with Gasteiger partial charge in [0.25, 0.3) is 0 Å². The number of halogens is 1. The fraction of sp³-hybridized carbons (Fsp3) is 0.231. The van der Waals surface area contributed by atoms with E-state index in [0.29, 0.717) is 5.56 Å². The molecule has 2 N–H and O–H groups in total. The normalized spacial score (nSPS) is 12.3. The summed E-state index contributed by atoms with van der Waals surface area (Å²) in [7, 11) is 0. The maximum atomic E-state index is 10.9. The minimum Gasteiger partial charge on any atom is -0.479 e. The lowest BCUT2D eigenvalue weighted by Gasteiger charge is -2.15. The van der Waals surface area contributed by atoms with Crippen molar-refractivity contribution in [3.05, 3.63) is 34.9 Å². The molecular formula is C13H13ClO5. The Bertz CT molecular complexity index is 510. The summed E-state index contributed by atoms with van der Waals surface area (Å²) in [6.07, 6.45) is 1.46. The topological polar surface area (TPSA) is 83.8 Å². The summed E-state index contributed by atoms with van der Waals surface area (Å²) >= 11 is 5.95. The van der Waals surface area contributed by atoms with Crippen LogP contribution in [0.25, 0.3) is 6.08 Å². The van der Waals surface area contributed by atoms with Crippen molar-refractivity contribution in [2.75, 3.05) is 0 Å². The van der Waals surface area contributed by atoms with Gasteiger partial charge in [-0.05, 0) is 24.6 Å². The van der Waals surface area contributed by atoms with Gasteiger partial charge in [-0.1, -0.05) is 24.6 Å². The molecule has 1 aromatic rings. The summed E-state index contributed by atoms with van der Waals surface area (Å²) in [5, 5.41) is 17.8. The molecule has 0 aliphatic heterocycles. The van der Waals surface area contributed by atoms with Crippen molar-refractivity contribution in [1.82, 2.24) is 0 Å². The molecule has 19 heavy (non-hydrogen) atoms. The molecule has 0 amide bonds. The summed E-state index contributed by atoms with van der Waals surface area (Å²) in [6, 6.07) is 4.71. The average molecular weight is 285 g/mol. The Hall–Kier alpha value is -2.01. The Balaban J connectivity index is 3.10. The predicted molar refractivity (Wildman–Crippen MR) is 70.5 cm³/mol. The maximum Gasteiger partial charge on any atom is 0.344 e. The third-order valence-electron chi connectivity index (χ3n) is 2.32. The van der Waals surface area contributed by atoms with Gasteiger partial charge >= 0.3 is 11.9 Å². The van der Waals surface area contributed by atoms with Gasteiger partial charge in [0.15, 0.2) is 6.10 Å². The fourth-order valence-corrected chi connectivity index (χ4v) is 1.63. The van der Waals surface area contributed by atoms with Crippen LogP contribution in [0, 0.1) is 0 Å². The molecule has 0 aromatic heterocycles. The third kappa shape index (κ3) is 4.30. The van der Waals surface area contributed by atoms with Crippen LogP contribution in [0.2, 0.25) is 5.02 Å². The van der Waals surface area contributed by atoms with Crippen LogP contribution < -0.4 is 4.74 Å². The van der Waals surface area contributed by atoms with Crippen LogP contribution in [-0.4, -0.2) is 28.3 Å². The Labute approximate surface area is 115 Å². The van der Waals surface area contributed by atoms with E-state index in [1.54, 1.807) is 25.1 Å². The summed E-state index contributed by atoms with van der Waals surface area (Å²) < 4.78 is 5.34. The van der Waals surface area contributed by atoms with Gasteiger partial charge in [0.2, 0.25) is 0 Å². The van der Waals surface area contributed by atoms with E-state index in [9.17, 15) is 9.59 Å². The monoisotopic (exact) mass is 284 g/mol. The van der Waals surface area contributed by atoms with Gasteiger partial charge in [0, 0.05) is 11.6 Å². The Morgan fingerprint density at radius 2 is 2.11 bits per heavy atom. The summed E-state index contributed by atoms with van der Waals surface area (Å²) in [5.41, 5.74) is 0.339. The van der Waals surface area contributed by atoms with Crippen LogP contribution in [0.5, 0.6) is 5.75 Å². The zero-order valence-electron chi connectivity index (χ0n) is 10.2. The molecule has 0 spiro atoms. The molecule has 0 radical (unpaired) electrons. The van der Waals surface area contributed by atoms with Crippen LogP contribution in [-0.2, 0) is 9.59 Å². The van der Waals surface area contributed by atoms with Gasteiger partial charge in [-0.25, -0.2) is 9.59 Å². The minimum absolute atomic E-state index is 0.235. The molecule has 1 unspecified atom stereocenters. The van der Waals surface area contributed by atoms with Crippen LogP contribution >= 0.6 is 11.6 Å². The van der Waals surface area contributed by atoms with Crippen LogP contribution in [0.1, 0.15) is 18.9 Å². The number of rotatable bonds is 6. The largest absolute Gasteiger partial charge is 0.479 e. The Kier molecular flexibility index (Phi) is 5.38. The highest BCUT2D eigenvalue weighted by Gasteiger charge is 2.18. The van der Waals surface area contributed by atoms with Crippen molar-refractivity contribution >= 4 is 29.6 Å². The first-order chi connectivity index (χ1) is 8.95. The predicted octanol–water partition coefficient (Wildman–Crippen LogP) is 2.68. The maximum absolute atomic E-state index is 10.9. The van der Waals surface area contributed by atoms with Gasteiger partial charge in [-0.15, -0.1) is 0 Å². The highest BCUT2D eigenvalue weighted by Crippen LogP contribution is 2.29. The molecule has 5 nitrogen and oxygen atoms in total. The van der Waals surface area contributed by atoms with Crippen LogP contribution in [0.15, 0.2) is 24.3 Å². The van der Waals surface area contributed by atoms with Gasteiger partial charge in [0.1, 0.15) is 5.75 Å². The van der Waals surface area contributed by atoms with Gasteiger partial charge in [0.05, 0.1) is 5.02 Å². The number of carboxylic acid groups (broad SMARTS) is 2. The second kappa shape index (κ2) is 6.80. The van der Waals surface area contributed by atoms with Crippen LogP contribution in [0.3, 0.4) is 0 Å². The first kappa shape index (κ1) is 15.0. The van der Waals surface area contributed by atoms with Gasteiger partial charge in [-0.2, -0.15) is 0 Å². The number of carboxylic acids is 2. The van der Waals surface area contributed by atoms with E-state index in [1.165, 1.54) is 6.08 Å². The van der Waals surface area contributed by atoms with E-state index < -0.39 is 18.0 Å². The Morgan fingerprint density at radius 1 is 1.42 bits per heavy atom. The molecule has 1 aromatic carbocycles. The van der Waals surface area contributed by atoms with Crippen molar-refractivity contribution in [2.45, 2.75) is 19.4 Å². The first-order valence-electron chi connectivity index (χ1n) is 5.54. The molecule has 0 saturated heterocycles. The molecule has 0 bridgehead atoms. The van der Waals surface area contributed by atoms with E-state index >= 15 is 0 Å². The summed E-state index contributed by atoms with van der Waals surface area (Å²) in [5.74, 6) is -1.98. The minimum atomic E-state index is -1.13. The highest BCUT2D eigenvalue weighted by atomic mass is 35.5. The van der Waals surface area contributed by atoms with E-state index in [4.69, 9.17) is 26.6 Å². The SMILES string of the molecule is CCC(Oc1cccc(Cl)c1/C=C/C(=O)O)C(=O)O. The average Bonchev–Trinajstić information content (AvgIpc) is 2.34. The highest BCUT2D eigenvalue weighted by molar-refractivity contribution is 6.32. The molecule has 0 aliphatic rings. The molecular weight excluding hydrogens is 272 g/mol. The van der Waals surface area contributed by atoms with Crippen LogP contribution in [0.4, 0.5) is 0 Å². The third-order valence-corrected chi connectivity index (χ3v) is 2.65. The zero-order chi connectivity index (χ0) is 14.4. The molecule has 0 saturated carbocycles. The van der Waals surface area contributed by atoms with Crippen molar-refractivity contribution in [1.29, 1.82) is 0 Å².